The summed E-state index contributed by atoms with van der Waals surface area (Å²) in [5.41, 5.74) is 1.95. The number of thioether (sulfide) groups is 1. The van der Waals surface area contributed by atoms with Gasteiger partial charge in [0.15, 0.2) is 5.82 Å². The molecule has 156 valence electrons. The molecular formula is C22H24N4O3S. The van der Waals surface area contributed by atoms with E-state index in [4.69, 9.17) is 9.47 Å². The Bertz CT molecular complexity index is 1010. The highest BCUT2D eigenvalue weighted by molar-refractivity contribution is 7.99. The van der Waals surface area contributed by atoms with Crippen molar-refractivity contribution in [2.24, 2.45) is 0 Å². The molecule has 1 fully saturated rings. The Balaban J connectivity index is 1.44. The molecule has 0 unspecified atom stereocenters. The van der Waals surface area contributed by atoms with Gasteiger partial charge in [-0.25, -0.2) is 4.98 Å². The van der Waals surface area contributed by atoms with Gasteiger partial charge in [0, 0.05) is 17.7 Å². The Morgan fingerprint density at radius 3 is 2.80 bits per heavy atom. The highest BCUT2D eigenvalue weighted by Crippen LogP contribution is 2.39. The smallest absolute Gasteiger partial charge is 0.233 e. The summed E-state index contributed by atoms with van der Waals surface area (Å²) in [7, 11) is 3.29. The van der Waals surface area contributed by atoms with Gasteiger partial charge in [-0.15, -0.1) is 5.10 Å². The van der Waals surface area contributed by atoms with E-state index in [0.717, 1.165) is 42.0 Å². The first kappa shape index (κ1) is 20.3. The number of amides is 1. The van der Waals surface area contributed by atoms with Gasteiger partial charge in [-0.3, -0.25) is 9.89 Å². The van der Waals surface area contributed by atoms with Crippen molar-refractivity contribution in [1.82, 2.24) is 20.1 Å². The van der Waals surface area contributed by atoms with Crippen LogP contribution >= 0.6 is 11.8 Å². The van der Waals surface area contributed by atoms with E-state index in [9.17, 15) is 4.79 Å². The number of likely N-dealkylation sites (tertiary alicyclic amines) is 1. The van der Waals surface area contributed by atoms with Gasteiger partial charge in [-0.2, -0.15) is 0 Å². The average molecular weight is 425 g/mol. The van der Waals surface area contributed by atoms with Crippen LogP contribution in [0.3, 0.4) is 0 Å². The van der Waals surface area contributed by atoms with Crippen molar-refractivity contribution in [1.29, 1.82) is 0 Å². The zero-order chi connectivity index (χ0) is 20.9. The van der Waals surface area contributed by atoms with Crippen LogP contribution in [0.25, 0.3) is 11.4 Å². The van der Waals surface area contributed by atoms with E-state index in [2.05, 4.69) is 15.2 Å². The SMILES string of the molecule is COc1ccc(OC)c([C@@H]2CCCN2C(=O)CSc2n[nH]c(-c3ccccc3)n2)c1. The maximum atomic E-state index is 13.0. The fourth-order valence-corrected chi connectivity index (χ4v) is 4.42. The Kier molecular flexibility index (Phi) is 6.23. The van der Waals surface area contributed by atoms with Crippen LogP contribution in [0, 0.1) is 0 Å². The lowest BCUT2D eigenvalue weighted by atomic mass is 10.0. The van der Waals surface area contributed by atoms with Crippen LogP contribution in [0.5, 0.6) is 11.5 Å². The van der Waals surface area contributed by atoms with Gasteiger partial charge in [0.2, 0.25) is 11.1 Å². The molecule has 1 atom stereocenters. The van der Waals surface area contributed by atoms with Crippen molar-refractivity contribution < 1.29 is 14.3 Å². The number of carbonyl (C=O) groups is 1. The predicted octanol–water partition coefficient (Wildman–Crippen LogP) is 3.94. The highest BCUT2D eigenvalue weighted by atomic mass is 32.2. The molecule has 0 saturated carbocycles. The molecule has 7 nitrogen and oxygen atoms in total. The molecule has 1 aliphatic rings. The molecule has 2 aromatic carbocycles. The molecule has 3 aromatic rings. The van der Waals surface area contributed by atoms with E-state index in [-0.39, 0.29) is 17.7 Å². The van der Waals surface area contributed by atoms with Crippen molar-refractivity contribution >= 4 is 17.7 Å². The fraction of sp³-hybridized carbons (Fsp3) is 0.318. The van der Waals surface area contributed by atoms with E-state index in [0.29, 0.717) is 11.0 Å². The van der Waals surface area contributed by atoms with Crippen LogP contribution < -0.4 is 9.47 Å². The maximum absolute atomic E-state index is 13.0. The molecule has 1 aromatic heterocycles. The third-order valence-corrected chi connectivity index (χ3v) is 6.04. The molecule has 0 aliphatic carbocycles. The van der Waals surface area contributed by atoms with Crippen LogP contribution in [0.15, 0.2) is 53.7 Å². The number of rotatable bonds is 7. The number of aromatic amines is 1. The molecule has 1 N–H and O–H groups in total. The second-order valence-electron chi connectivity index (χ2n) is 6.97. The summed E-state index contributed by atoms with van der Waals surface area (Å²) in [5.74, 6) is 2.59. The Morgan fingerprint density at radius 2 is 2.03 bits per heavy atom. The number of benzene rings is 2. The molecule has 8 heteroatoms. The van der Waals surface area contributed by atoms with Crippen molar-refractivity contribution in [3.63, 3.8) is 0 Å². The van der Waals surface area contributed by atoms with Crippen LogP contribution in [-0.2, 0) is 4.79 Å². The third kappa shape index (κ3) is 4.28. The molecule has 0 spiro atoms. The molecule has 4 rings (SSSR count). The molecule has 1 saturated heterocycles. The first-order chi connectivity index (χ1) is 14.7. The lowest BCUT2D eigenvalue weighted by molar-refractivity contribution is -0.129. The number of carbonyl (C=O) groups excluding carboxylic acids is 1. The van der Waals surface area contributed by atoms with Crippen molar-refractivity contribution in [2.75, 3.05) is 26.5 Å². The number of H-pyrrole nitrogens is 1. The second-order valence-corrected chi connectivity index (χ2v) is 7.92. The van der Waals surface area contributed by atoms with Gasteiger partial charge in [-0.1, -0.05) is 42.1 Å². The van der Waals surface area contributed by atoms with E-state index in [1.807, 2.05) is 53.4 Å². The van der Waals surface area contributed by atoms with Crippen LogP contribution in [0.2, 0.25) is 0 Å². The Morgan fingerprint density at radius 1 is 1.20 bits per heavy atom. The van der Waals surface area contributed by atoms with Crippen molar-refractivity contribution in [3.05, 3.63) is 54.1 Å². The van der Waals surface area contributed by atoms with Gasteiger partial charge in [0.1, 0.15) is 11.5 Å². The van der Waals surface area contributed by atoms with Gasteiger partial charge < -0.3 is 14.4 Å². The lowest BCUT2D eigenvalue weighted by Gasteiger charge is -2.26. The number of nitrogens with zero attached hydrogens (tertiary/aromatic N) is 3. The molecule has 0 bridgehead atoms. The summed E-state index contributed by atoms with van der Waals surface area (Å²) in [6, 6.07) is 15.5. The minimum atomic E-state index is -0.0184. The predicted molar refractivity (Wildman–Crippen MR) is 116 cm³/mol. The largest absolute Gasteiger partial charge is 0.497 e. The number of hydrogen-bond donors (Lipinski definition) is 1. The zero-order valence-corrected chi connectivity index (χ0v) is 17.8. The third-order valence-electron chi connectivity index (χ3n) is 5.21. The standard InChI is InChI=1S/C22H24N4O3S/c1-28-16-10-11-19(29-2)17(13-16)18-9-6-12-26(18)20(27)14-30-22-23-21(24-25-22)15-7-4-3-5-8-15/h3-5,7-8,10-11,13,18H,6,9,12,14H2,1-2H3,(H,23,24,25)/t18-/m0/s1. The first-order valence-electron chi connectivity index (χ1n) is 9.81. The number of hydrogen-bond acceptors (Lipinski definition) is 6. The quantitative estimate of drug-likeness (QED) is 0.579. The number of nitrogens with one attached hydrogen (secondary N) is 1. The molecule has 0 radical (unpaired) electrons. The average Bonchev–Trinajstić information content (AvgIpc) is 3.47. The maximum Gasteiger partial charge on any atom is 0.233 e. The molecule has 1 aliphatic heterocycles. The Labute approximate surface area is 179 Å². The van der Waals surface area contributed by atoms with Crippen LogP contribution in [0.1, 0.15) is 24.4 Å². The van der Waals surface area contributed by atoms with Crippen LogP contribution in [0.4, 0.5) is 0 Å². The summed E-state index contributed by atoms with van der Waals surface area (Å²) >= 11 is 1.35. The number of ether oxygens (including phenoxy) is 2. The van der Waals surface area contributed by atoms with Gasteiger partial charge in [-0.05, 0) is 31.0 Å². The van der Waals surface area contributed by atoms with E-state index >= 15 is 0 Å². The van der Waals surface area contributed by atoms with E-state index in [1.165, 1.54) is 11.8 Å². The van der Waals surface area contributed by atoms with Gasteiger partial charge in [0.05, 0.1) is 26.0 Å². The molecule has 2 heterocycles. The monoisotopic (exact) mass is 424 g/mol. The Hall–Kier alpha value is -3.00. The summed E-state index contributed by atoms with van der Waals surface area (Å²) < 4.78 is 10.9. The summed E-state index contributed by atoms with van der Waals surface area (Å²) in [6.45, 7) is 0.730. The van der Waals surface area contributed by atoms with E-state index < -0.39 is 0 Å². The normalized spacial score (nSPS) is 15.9. The summed E-state index contributed by atoms with van der Waals surface area (Å²) in [4.78, 5) is 19.4. The molecule has 30 heavy (non-hydrogen) atoms. The summed E-state index contributed by atoms with van der Waals surface area (Å²) in [6.07, 6.45) is 1.86. The minimum absolute atomic E-state index is 0.0184. The lowest BCUT2D eigenvalue weighted by Crippen LogP contribution is -2.32. The molecule has 1 amide bonds. The van der Waals surface area contributed by atoms with Crippen molar-refractivity contribution in [3.8, 4) is 22.9 Å². The molecular weight excluding hydrogens is 400 g/mol. The minimum Gasteiger partial charge on any atom is -0.497 e. The number of aromatic nitrogens is 3. The van der Waals surface area contributed by atoms with Crippen molar-refractivity contribution in [2.45, 2.75) is 24.0 Å². The summed E-state index contributed by atoms with van der Waals surface area (Å²) in [5, 5.41) is 7.74. The fourth-order valence-electron chi connectivity index (χ4n) is 3.73. The first-order valence-corrected chi connectivity index (χ1v) is 10.8. The number of methoxy groups -OCH3 is 2. The van der Waals surface area contributed by atoms with Gasteiger partial charge >= 0.3 is 0 Å². The van der Waals surface area contributed by atoms with Gasteiger partial charge in [0.25, 0.3) is 0 Å². The second kappa shape index (κ2) is 9.21. The zero-order valence-electron chi connectivity index (χ0n) is 17.0. The van der Waals surface area contributed by atoms with Crippen LogP contribution in [-0.4, -0.2) is 52.5 Å². The van der Waals surface area contributed by atoms with E-state index in [1.54, 1.807) is 14.2 Å². The highest BCUT2D eigenvalue weighted by Gasteiger charge is 2.32. The topological polar surface area (TPSA) is 80.3 Å².